The summed E-state index contributed by atoms with van der Waals surface area (Å²) < 4.78 is 73.8. The van der Waals surface area contributed by atoms with E-state index in [1.165, 1.54) is 11.4 Å². The van der Waals surface area contributed by atoms with Crippen molar-refractivity contribution < 1.29 is 31.1 Å². The van der Waals surface area contributed by atoms with Crippen molar-refractivity contribution >= 4 is 27.7 Å². The highest BCUT2D eigenvalue weighted by Gasteiger charge is 2.61. The van der Waals surface area contributed by atoms with Gasteiger partial charge in [-0.1, -0.05) is 0 Å². The van der Waals surface area contributed by atoms with Gasteiger partial charge in [0.2, 0.25) is 11.8 Å². The van der Waals surface area contributed by atoms with Crippen LogP contribution in [0.1, 0.15) is 0 Å². The summed E-state index contributed by atoms with van der Waals surface area (Å²) in [6, 6.07) is 2.37. The van der Waals surface area contributed by atoms with Crippen LogP contribution in [0, 0.1) is 5.92 Å². The van der Waals surface area contributed by atoms with Gasteiger partial charge in [0.25, 0.3) is 0 Å². The first-order valence-electron chi connectivity index (χ1n) is 4.57. The van der Waals surface area contributed by atoms with Crippen LogP contribution in [0.15, 0.2) is 22.8 Å². The molecule has 0 aliphatic carbocycles. The minimum absolute atomic E-state index is 0.410. The summed E-state index contributed by atoms with van der Waals surface area (Å²) in [5, 5.41) is 1.47. The highest BCUT2D eigenvalue weighted by molar-refractivity contribution is 9.10. The lowest BCUT2D eigenvalue weighted by Gasteiger charge is -2.21. The number of carbonyl (C=O) groups is 1. The fourth-order valence-electron chi connectivity index (χ4n) is 1.13. The monoisotopic (exact) mass is 350 g/mol. The van der Waals surface area contributed by atoms with Gasteiger partial charge in [0.05, 0.1) is 0 Å². The molecule has 1 amide bonds. The molecule has 106 valence electrons. The lowest BCUT2D eigenvalue weighted by Crippen LogP contribution is -2.45. The number of carbonyl (C=O) groups excluding carboxylic acids is 1. The van der Waals surface area contributed by atoms with Gasteiger partial charge >= 0.3 is 12.4 Å². The van der Waals surface area contributed by atoms with Crippen molar-refractivity contribution in [2.75, 3.05) is 5.32 Å². The molecule has 0 fully saturated rings. The molecule has 1 N–H and O–H groups in total. The Morgan fingerprint density at radius 3 is 2.05 bits per heavy atom. The number of anilines is 1. The maximum absolute atomic E-state index is 12.2. The van der Waals surface area contributed by atoms with Crippen molar-refractivity contribution in [3.8, 4) is 0 Å². The molecule has 0 spiro atoms. The summed E-state index contributed by atoms with van der Waals surface area (Å²) in [6.07, 6.45) is -10.3. The molecule has 1 aromatic heterocycles. The van der Waals surface area contributed by atoms with Crippen LogP contribution in [-0.4, -0.2) is 23.2 Å². The number of nitrogens with one attached hydrogen (secondary N) is 1. The first-order chi connectivity index (χ1) is 8.51. The first kappa shape index (κ1) is 15.7. The Kier molecular flexibility index (Phi) is 4.43. The van der Waals surface area contributed by atoms with E-state index in [9.17, 15) is 31.1 Å². The average Bonchev–Trinajstić information content (AvgIpc) is 2.16. The standard InChI is InChI=1S/C9H5BrF6N2O/c10-4-1-2-5(17-3-4)18-7(19)6(8(11,12)13)9(14,15)16/h1-3,6H,(H,17,18,19). The van der Waals surface area contributed by atoms with Crippen LogP contribution in [0.4, 0.5) is 32.2 Å². The topological polar surface area (TPSA) is 42.0 Å². The smallest absolute Gasteiger partial charge is 0.310 e. The Morgan fingerprint density at radius 1 is 1.16 bits per heavy atom. The van der Waals surface area contributed by atoms with Crippen LogP contribution in [-0.2, 0) is 4.79 Å². The van der Waals surface area contributed by atoms with E-state index in [4.69, 9.17) is 0 Å². The Balaban J connectivity index is 2.93. The Hall–Kier alpha value is -1.32. The molecule has 1 rings (SSSR count). The Bertz CT molecular complexity index is 441. The summed E-state index contributed by atoms with van der Waals surface area (Å²) in [4.78, 5) is 14.5. The van der Waals surface area contributed by atoms with Gasteiger partial charge in [-0.2, -0.15) is 26.3 Å². The van der Waals surface area contributed by atoms with Crippen LogP contribution >= 0.6 is 15.9 Å². The molecule has 19 heavy (non-hydrogen) atoms. The molecule has 0 saturated heterocycles. The number of amides is 1. The SMILES string of the molecule is O=C(Nc1ccc(Br)cn1)C(C(F)(F)F)C(F)(F)F. The van der Waals surface area contributed by atoms with Crippen molar-refractivity contribution in [1.82, 2.24) is 4.98 Å². The zero-order chi connectivity index (χ0) is 14.8. The predicted octanol–water partition coefficient (Wildman–Crippen LogP) is 3.52. The van der Waals surface area contributed by atoms with Gasteiger partial charge < -0.3 is 5.32 Å². The van der Waals surface area contributed by atoms with Crippen LogP contribution in [0.3, 0.4) is 0 Å². The third-order valence-corrected chi connectivity index (χ3v) is 2.36. The van der Waals surface area contributed by atoms with Crippen LogP contribution in [0.5, 0.6) is 0 Å². The molecular weight excluding hydrogens is 346 g/mol. The maximum atomic E-state index is 12.2. The molecule has 10 heteroatoms. The molecular formula is C9H5BrF6N2O. The third kappa shape index (κ3) is 4.37. The molecule has 0 aliphatic rings. The predicted molar refractivity (Wildman–Crippen MR) is 56.2 cm³/mol. The second-order valence-corrected chi connectivity index (χ2v) is 4.28. The zero-order valence-electron chi connectivity index (χ0n) is 8.81. The molecule has 0 saturated carbocycles. The molecule has 0 bridgehead atoms. The zero-order valence-corrected chi connectivity index (χ0v) is 10.4. The highest BCUT2D eigenvalue weighted by atomic mass is 79.9. The van der Waals surface area contributed by atoms with Crippen LogP contribution in [0.25, 0.3) is 0 Å². The van der Waals surface area contributed by atoms with E-state index in [-0.39, 0.29) is 0 Å². The largest absolute Gasteiger partial charge is 0.409 e. The molecule has 1 heterocycles. The lowest BCUT2D eigenvalue weighted by atomic mass is 10.1. The lowest BCUT2D eigenvalue weighted by molar-refractivity contribution is -0.272. The molecule has 1 aromatic rings. The van der Waals surface area contributed by atoms with Gasteiger partial charge in [-0.05, 0) is 28.1 Å². The van der Waals surface area contributed by atoms with E-state index >= 15 is 0 Å². The van der Waals surface area contributed by atoms with Gasteiger partial charge in [-0.15, -0.1) is 0 Å². The van der Waals surface area contributed by atoms with E-state index in [1.807, 2.05) is 0 Å². The van der Waals surface area contributed by atoms with Gasteiger partial charge in [-0.25, -0.2) is 4.98 Å². The van der Waals surface area contributed by atoms with E-state index in [0.29, 0.717) is 4.47 Å². The molecule has 0 aromatic carbocycles. The fraction of sp³-hybridized carbons (Fsp3) is 0.333. The van der Waals surface area contributed by atoms with E-state index in [1.54, 1.807) is 0 Å². The third-order valence-electron chi connectivity index (χ3n) is 1.90. The highest BCUT2D eigenvalue weighted by Crippen LogP contribution is 2.39. The molecule has 0 radical (unpaired) electrons. The number of nitrogens with zero attached hydrogens (tertiary/aromatic N) is 1. The molecule has 0 atom stereocenters. The number of pyridine rings is 1. The number of halogens is 7. The summed E-state index contributed by atoms with van der Waals surface area (Å²) in [7, 11) is 0. The Morgan fingerprint density at radius 2 is 1.68 bits per heavy atom. The van der Waals surface area contributed by atoms with Crippen molar-refractivity contribution in [2.45, 2.75) is 12.4 Å². The quantitative estimate of drug-likeness (QED) is 0.829. The van der Waals surface area contributed by atoms with Gasteiger partial charge in [0, 0.05) is 10.7 Å². The Labute approximate surface area is 111 Å². The van der Waals surface area contributed by atoms with E-state index in [0.717, 1.165) is 12.3 Å². The molecule has 3 nitrogen and oxygen atoms in total. The average molecular weight is 351 g/mol. The second kappa shape index (κ2) is 5.35. The summed E-state index contributed by atoms with van der Waals surface area (Å²) in [5.41, 5.74) is 0. The van der Waals surface area contributed by atoms with Crippen molar-refractivity contribution in [2.24, 2.45) is 5.92 Å². The minimum Gasteiger partial charge on any atom is -0.310 e. The number of hydrogen-bond donors (Lipinski definition) is 1. The summed E-state index contributed by atoms with van der Waals surface area (Å²) in [5.74, 6) is -6.73. The molecule has 0 unspecified atom stereocenters. The van der Waals surface area contributed by atoms with Crippen LogP contribution < -0.4 is 5.32 Å². The summed E-state index contributed by atoms with van der Waals surface area (Å²) in [6.45, 7) is 0. The van der Waals surface area contributed by atoms with E-state index in [2.05, 4.69) is 20.9 Å². The normalized spacial score (nSPS) is 12.6. The van der Waals surface area contributed by atoms with Crippen LogP contribution in [0.2, 0.25) is 0 Å². The van der Waals surface area contributed by atoms with Gasteiger partial charge in [0.15, 0.2) is 0 Å². The molecule has 0 aliphatic heterocycles. The van der Waals surface area contributed by atoms with Gasteiger partial charge in [-0.3, -0.25) is 4.79 Å². The van der Waals surface area contributed by atoms with Gasteiger partial charge in [0.1, 0.15) is 5.82 Å². The number of rotatable bonds is 2. The van der Waals surface area contributed by atoms with E-state index < -0.39 is 30.0 Å². The number of hydrogen-bond acceptors (Lipinski definition) is 2. The van der Waals surface area contributed by atoms with Crippen molar-refractivity contribution in [3.05, 3.63) is 22.8 Å². The first-order valence-corrected chi connectivity index (χ1v) is 5.37. The second-order valence-electron chi connectivity index (χ2n) is 3.37. The fourth-order valence-corrected chi connectivity index (χ4v) is 1.37. The maximum Gasteiger partial charge on any atom is 0.409 e. The summed E-state index contributed by atoms with van der Waals surface area (Å²) >= 11 is 2.97. The van der Waals surface area contributed by atoms with Crippen molar-refractivity contribution in [1.29, 1.82) is 0 Å². The number of aromatic nitrogens is 1. The number of alkyl halides is 6. The van der Waals surface area contributed by atoms with Crippen molar-refractivity contribution in [3.63, 3.8) is 0 Å². The minimum atomic E-state index is -5.72.